The van der Waals surface area contributed by atoms with Crippen LogP contribution in [0, 0.1) is 5.41 Å². The van der Waals surface area contributed by atoms with Crippen LogP contribution in [0.2, 0.25) is 0 Å². The van der Waals surface area contributed by atoms with E-state index in [1.54, 1.807) is 12.1 Å². The first-order valence-electron chi connectivity index (χ1n) is 4.49. The molecule has 1 aromatic rings. The van der Waals surface area contributed by atoms with Crippen molar-refractivity contribution < 1.29 is 8.78 Å². The fraction of sp³-hybridized carbons (Fsp3) is 0.455. The van der Waals surface area contributed by atoms with Crippen LogP contribution in [-0.4, -0.2) is 0 Å². The van der Waals surface area contributed by atoms with Crippen LogP contribution in [0.15, 0.2) is 24.3 Å². The molecule has 0 aliphatic carbocycles. The van der Waals surface area contributed by atoms with E-state index in [0.29, 0.717) is 5.69 Å². The van der Waals surface area contributed by atoms with Gasteiger partial charge >= 0.3 is 0 Å². The molecule has 0 saturated carbocycles. The van der Waals surface area contributed by atoms with Crippen LogP contribution >= 0.6 is 0 Å². The van der Waals surface area contributed by atoms with Gasteiger partial charge in [-0.3, -0.25) is 0 Å². The van der Waals surface area contributed by atoms with Gasteiger partial charge in [-0.25, -0.2) is 8.78 Å². The largest absolute Gasteiger partial charge is 0.399 e. The van der Waals surface area contributed by atoms with Crippen molar-refractivity contribution >= 4 is 5.69 Å². The van der Waals surface area contributed by atoms with Crippen molar-refractivity contribution in [1.29, 1.82) is 0 Å². The number of rotatable bonds is 1. The lowest BCUT2D eigenvalue weighted by Gasteiger charge is -2.30. The SMILES string of the molecule is CC(C)(C)C(F)(F)c1cccc(N)c1. The summed E-state index contributed by atoms with van der Waals surface area (Å²) < 4.78 is 27.6. The van der Waals surface area contributed by atoms with Gasteiger partial charge in [-0.2, -0.15) is 0 Å². The zero-order valence-electron chi connectivity index (χ0n) is 8.64. The molecule has 3 heteroatoms. The third-order valence-corrected chi connectivity index (χ3v) is 2.19. The smallest absolute Gasteiger partial charge is 0.278 e. The Balaban J connectivity index is 3.16. The van der Waals surface area contributed by atoms with Crippen molar-refractivity contribution in [1.82, 2.24) is 0 Å². The molecule has 2 N–H and O–H groups in total. The molecule has 0 saturated heterocycles. The lowest BCUT2D eigenvalue weighted by atomic mass is 9.83. The van der Waals surface area contributed by atoms with E-state index < -0.39 is 11.3 Å². The molecular formula is C11H15F2N. The quantitative estimate of drug-likeness (QED) is 0.689. The van der Waals surface area contributed by atoms with Crippen LogP contribution in [0.1, 0.15) is 26.3 Å². The molecule has 1 aromatic carbocycles. The van der Waals surface area contributed by atoms with Crippen molar-refractivity contribution in [2.45, 2.75) is 26.7 Å². The molecule has 0 fully saturated rings. The number of nitrogen functional groups attached to an aromatic ring is 1. The number of benzene rings is 1. The molecule has 0 bridgehead atoms. The highest BCUT2D eigenvalue weighted by Crippen LogP contribution is 2.44. The van der Waals surface area contributed by atoms with Gasteiger partial charge < -0.3 is 5.73 Å². The average Bonchev–Trinajstić information content (AvgIpc) is 2.02. The maximum Gasteiger partial charge on any atom is 0.278 e. The van der Waals surface area contributed by atoms with E-state index in [0.717, 1.165) is 0 Å². The fourth-order valence-electron chi connectivity index (χ4n) is 1.17. The predicted molar refractivity (Wildman–Crippen MR) is 54.2 cm³/mol. The van der Waals surface area contributed by atoms with Gasteiger partial charge in [-0.15, -0.1) is 0 Å². The van der Waals surface area contributed by atoms with E-state index >= 15 is 0 Å². The number of halogens is 2. The van der Waals surface area contributed by atoms with E-state index in [1.165, 1.54) is 32.9 Å². The molecule has 0 aliphatic rings. The average molecular weight is 199 g/mol. The topological polar surface area (TPSA) is 26.0 Å². The summed E-state index contributed by atoms with van der Waals surface area (Å²) in [5.74, 6) is -2.86. The highest BCUT2D eigenvalue weighted by Gasteiger charge is 2.44. The van der Waals surface area contributed by atoms with Crippen molar-refractivity contribution in [2.75, 3.05) is 5.73 Å². The van der Waals surface area contributed by atoms with E-state index in [-0.39, 0.29) is 5.56 Å². The molecule has 0 aromatic heterocycles. The summed E-state index contributed by atoms with van der Waals surface area (Å²) in [6.07, 6.45) is 0. The zero-order chi connectivity index (χ0) is 11.0. The monoisotopic (exact) mass is 199 g/mol. The second-order valence-corrected chi connectivity index (χ2v) is 4.45. The molecule has 0 heterocycles. The number of nitrogens with two attached hydrogens (primary N) is 1. The molecule has 1 nitrogen and oxygen atoms in total. The lowest BCUT2D eigenvalue weighted by Crippen LogP contribution is -2.31. The number of hydrogen-bond acceptors (Lipinski definition) is 1. The van der Waals surface area contributed by atoms with Crippen LogP contribution in [0.4, 0.5) is 14.5 Å². The molecule has 0 amide bonds. The second kappa shape index (κ2) is 3.23. The summed E-state index contributed by atoms with van der Waals surface area (Å²) in [5.41, 5.74) is 4.71. The highest BCUT2D eigenvalue weighted by atomic mass is 19.3. The summed E-state index contributed by atoms with van der Waals surface area (Å²) in [4.78, 5) is 0. The van der Waals surface area contributed by atoms with Crippen molar-refractivity contribution in [2.24, 2.45) is 5.41 Å². The Morgan fingerprint density at radius 2 is 1.71 bits per heavy atom. The summed E-state index contributed by atoms with van der Waals surface area (Å²) in [7, 11) is 0. The predicted octanol–water partition coefficient (Wildman–Crippen LogP) is 3.41. The van der Waals surface area contributed by atoms with Gasteiger partial charge in [0.05, 0.1) is 0 Å². The Bertz CT molecular complexity index is 326. The van der Waals surface area contributed by atoms with Crippen LogP contribution in [0.3, 0.4) is 0 Å². The van der Waals surface area contributed by atoms with Gasteiger partial charge in [-0.05, 0) is 12.1 Å². The first-order chi connectivity index (χ1) is 6.25. The number of alkyl halides is 2. The zero-order valence-corrected chi connectivity index (χ0v) is 8.64. The fourth-order valence-corrected chi connectivity index (χ4v) is 1.17. The first kappa shape index (κ1) is 11.0. The van der Waals surface area contributed by atoms with Crippen LogP contribution < -0.4 is 5.73 Å². The van der Waals surface area contributed by atoms with E-state index in [9.17, 15) is 8.78 Å². The van der Waals surface area contributed by atoms with Gasteiger partial charge in [0.15, 0.2) is 0 Å². The minimum absolute atomic E-state index is 0.0231. The van der Waals surface area contributed by atoms with Gasteiger partial charge in [0.2, 0.25) is 0 Å². The third-order valence-electron chi connectivity index (χ3n) is 2.19. The molecule has 0 radical (unpaired) electrons. The Hall–Kier alpha value is -1.12. The summed E-state index contributed by atoms with van der Waals surface area (Å²) in [6.45, 7) is 4.53. The Labute approximate surface area is 82.9 Å². The number of anilines is 1. The maximum atomic E-state index is 13.8. The third kappa shape index (κ3) is 1.86. The normalized spacial score (nSPS) is 12.9. The Morgan fingerprint density at radius 1 is 1.14 bits per heavy atom. The molecule has 78 valence electrons. The lowest BCUT2D eigenvalue weighted by molar-refractivity contribution is -0.104. The Kier molecular flexibility index (Phi) is 2.52. The summed E-state index contributed by atoms with van der Waals surface area (Å²) in [6, 6.07) is 5.87. The van der Waals surface area contributed by atoms with E-state index in [4.69, 9.17) is 5.73 Å². The molecular weight excluding hydrogens is 184 g/mol. The van der Waals surface area contributed by atoms with Crippen molar-refractivity contribution in [3.05, 3.63) is 29.8 Å². The number of hydrogen-bond donors (Lipinski definition) is 1. The van der Waals surface area contributed by atoms with Crippen molar-refractivity contribution in [3.8, 4) is 0 Å². The van der Waals surface area contributed by atoms with E-state index in [2.05, 4.69) is 0 Å². The van der Waals surface area contributed by atoms with Crippen molar-refractivity contribution in [3.63, 3.8) is 0 Å². The molecule has 14 heavy (non-hydrogen) atoms. The second-order valence-electron chi connectivity index (χ2n) is 4.45. The standard InChI is InChI=1S/C11H15F2N/c1-10(2,3)11(12,13)8-5-4-6-9(14)7-8/h4-7H,14H2,1-3H3. The molecule has 1 rings (SSSR count). The molecule has 0 aliphatic heterocycles. The first-order valence-corrected chi connectivity index (χ1v) is 4.49. The van der Waals surface area contributed by atoms with E-state index in [1.807, 2.05) is 0 Å². The van der Waals surface area contributed by atoms with Gasteiger partial charge in [0.1, 0.15) is 0 Å². The molecule has 0 spiro atoms. The summed E-state index contributed by atoms with van der Waals surface area (Å²) >= 11 is 0. The highest BCUT2D eigenvalue weighted by molar-refractivity contribution is 5.42. The molecule has 0 atom stereocenters. The van der Waals surface area contributed by atoms with Gasteiger partial charge in [-0.1, -0.05) is 32.9 Å². The van der Waals surface area contributed by atoms with Gasteiger partial charge in [0.25, 0.3) is 5.92 Å². The van der Waals surface area contributed by atoms with Crippen LogP contribution in [0.5, 0.6) is 0 Å². The van der Waals surface area contributed by atoms with Gasteiger partial charge in [0, 0.05) is 16.7 Å². The van der Waals surface area contributed by atoms with Crippen LogP contribution in [0.25, 0.3) is 0 Å². The summed E-state index contributed by atoms with van der Waals surface area (Å²) in [5, 5.41) is 0. The van der Waals surface area contributed by atoms with Crippen LogP contribution in [-0.2, 0) is 5.92 Å². The molecule has 0 unspecified atom stereocenters. The maximum absolute atomic E-state index is 13.8. The Morgan fingerprint density at radius 3 is 2.14 bits per heavy atom. The minimum atomic E-state index is -2.86. The minimum Gasteiger partial charge on any atom is -0.399 e.